The van der Waals surface area contributed by atoms with Crippen LogP contribution in [0.4, 0.5) is 0 Å². The minimum absolute atomic E-state index is 0.307. The normalized spacial score (nSPS) is 12.6. The molecule has 0 amide bonds. The van der Waals surface area contributed by atoms with Crippen LogP contribution < -0.4 is 5.32 Å². The van der Waals surface area contributed by atoms with Gasteiger partial charge in [-0.2, -0.15) is 0 Å². The van der Waals surface area contributed by atoms with Crippen LogP contribution in [0.5, 0.6) is 0 Å². The van der Waals surface area contributed by atoms with E-state index in [-0.39, 0.29) is 0 Å². The van der Waals surface area contributed by atoms with Gasteiger partial charge in [0.05, 0.1) is 6.04 Å². The van der Waals surface area contributed by atoms with Crippen molar-refractivity contribution in [3.05, 3.63) is 56.2 Å². The molecule has 1 nitrogen and oxygen atoms in total. The molecule has 1 aromatic carbocycles. The van der Waals surface area contributed by atoms with Crippen LogP contribution in [0.25, 0.3) is 0 Å². The number of rotatable bonds is 5. The molecule has 0 spiro atoms. The molecule has 1 aromatic heterocycles. The van der Waals surface area contributed by atoms with Crippen LogP contribution in [-0.2, 0) is 0 Å². The van der Waals surface area contributed by atoms with Gasteiger partial charge in [-0.3, -0.25) is 0 Å². The second kappa shape index (κ2) is 6.50. The van der Waals surface area contributed by atoms with Gasteiger partial charge < -0.3 is 5.32 Å². The van der Waals surface area contributed by atoms with Crippen LogP contribution >= 0.6 is 27.3 Å². The van der Waals surface area contributed by atoms with Crippen molar-refractivity contribution in [3.63, 3.8) is 0 Å². The van der Waals surface area contributed by atoms with Crippen molar-refractivity contribution in [2.45, 2.75) is 26.3 Å². The van der Waals surface area contributed by atoms with Gasteiger partial charge in [0.15, 0.2) is 0 Å². The molecule has 2 aromatic rings. The summed E-state index contributed by atoms with van der Waals surface area (Å²) < 4.78 is 1.15. The Morgan fingerprint density at radius 1 is 1.33 bits per heavy atom. The van der Waals surface area contributed by atoms with Crippen molar-refractivity contribution >= 4 is 27.3 Å². The molecule has 0 radical (unpaired) electrons. The summed E-state index contributed by atoms with van der Waals surface area (Å²) in [7, 11) is 0. The predicted octanol–water partition coefficient (Wildman–Crippen LogP) is 4.91. The van der Waals surface area contributed by atoms with Gasteiger partial charge in [0.1, 0.15) is 0 Å². The first kappa shape index (κ1) is 13.8. The summed E-state index contributed by atoms with van der Waals surface area (Å²) in [5.74, 6) is 0. The van der Waals surface area contributed by atoms with Gasteiger partial charge in [0.25, 0.3) is 0 Å². The molecule has 0 saturated heterocycles. The van der Waals surface area contributed by atoms with E-state index in [1.807, 2.05) is 11.3 Å². The molecule has 0 aliphatic carbocycles. The quantitative estimate of drug-likeness (QED) is 0.824. The van der Waals surface area contributed by atoms with Crippen molar-refractivity contribution in [2.24, 2.45) is 0 Å². The second-order valence-corrected chi connectivity index (χ2v) is 6.36. The number of hydrogen-bond acceptors (Lipinski definition) is 2. The van der Waals surface area contributed by atoms with E-state index in [4.69, 9.17) is 0 Å². The Bertz CT molecular complexity index is 473. The van der Waals surface area contributed by atoms with Crippen molar-refractivity contribution < 1.29 is 0 Å². The van der Waals surface area contributed by atoms with Crippen molar-refractivity contribution in [1.29, 1.82) is 0 Å². The summed E-state index contributed by atoms with van der Waals surface area (Å²) >= 11 is 5.40. The molecule has 1 atom stereocenters. The Morgan fingerprint density at radius 2 is 2.17 bits per heavy atom. The maximum atomic E-state index is 3.63. The highest BCUT2D eigenvalue weighted by Gasteiger charge is 2.14. The van der Waals surface area contributed by atoms with E-state index in [1.54, 1.807) is 0 Å². The van der Waals surface area contributed by atoms with Crippen LogP contribution in [-0.4, -0.2) is 6.54 Å². The molecule has 3 heteroatoms. The first-order valence-corrected chi connectivity index (χ1v) is 7.92. The number of thiophene rings is 1. The van der Waals surface area contributed by atoms with Crippen molar-refractivity contribution in [3.8, 4) is 0 Å². The molecule has 0 bridgehead atoms. The minimum atomic E-state index is 0.307. The third-order valence-corrected chi connectivity index (χ3v) is 4.22. The standard InChI is InChI=1S/C15H18BrNS/c1-3-6-17-15(14-5-4-7-18-14)12-8-11(2)9-13(16)10-12/h4-5,7-10,15,17H,3,6H2,1-2H3. The highest BCUT2D eigenvalue weighted by atomic mass is 79.9. The molecule has 0 aliphatic heterocycles. The van der Waals surface area contributed by atoms with Gasteiger partial charge >= 0.3 is 0 Å². The van der Waals surface area contributed by atoms with Crippen LogP contribution in [0.2, 0.25) is 0 Å². The molecule has 0 aliphatic rings. The average Bonchev–Trinajstić information content (AvgIpc) is 2.82. The summed E-state index contributed by atoms with van der Waals surface area (Å²) in [5.41, 5.74) is 2.62. The largest absolute Gasteiger partial charge is 0.306 e. The summed E-state index contributed by atoms with van der Waals surface area (Å²) in [5, 5.41) is 5.77. The number of benzene rings is 1. The maximum absolute atomic E-state index is 3.63. The zero-order valence-corrected chi connectivity index (χ0v) is 13.1. The molecule has 0 saturated carbocycles. The zero-order chi connectivity index (χ0) is 13.0. The molecule has 0 fully saturated rings. The van der Waals surface area contributed by atoms with Gasteiger partial charge in [-0.1, -0.05) is 35.0 Å². The fourth-order valence-electron chi connectivity index (χ4n) is 2.06. The van der Waals surface area contributed by atoms with Crippen LogP contribution in [0.15, 0.2) is 40.2 Å². The average molecular weight is 324 g/mol. The lowest BCUT2D eigenvalue weighted by atomic mass is 10.0. The fourth-order valence-corrected chi connectivity index (χ4v) is 3.51. The summed E-state index contributed by atoms with van der Waals surface area (Å²) in [6.45, 7) is 5.37. The van der Waals surface area contributed by atoms with E-state index in [9.17, 15) is 0 Å². The van der Waals surface area contributed by atoms with E-state index < -0.39 is 0 Å². The molecule has 2 rings (SSSR count). The zero-order valence-electron chi connectivity index (χ0n) is 10.7. The highest BCUT2D eigenvalue weighted by molar-refractivity contribution is 9.10. The van der Waals surface area contributed by atoms with Gasteiger partial charge in [-0.15, -0.1) is 11.3 Å². The lowest BCUT2D eigenvalue weighted by Gasteiger charge is -2.18. The first-order valence-electron chi connectivity index (χ1n) is 6.24. The molecule has 96 valence electrons. The molecule has 1 N–H and O–H groups in total. The Labute approximate surface area is 121 Å². The number of hydrogen-bond donors (Lipinski definition) is 1. The van der Waals surface area contributed by atoms with E-state index in [0.29, 0.717) is 6.04 Å². The Hall–Kier alpha value is -0.640. The van der Waals surface area contributed by atoms with Crippen LogP contribution in [0, 0.1) is 6.92 Å². The molecular formula is C15H18BrNS. The minimum Gasteiger partial charge on any atom is -0.306 e. The number of aryl methyl sites for hydroxylation is 1. The summed E-state index contributed by atoms with van der Waals surface area (Å²) in [6, 6.07) is 11.2. The Morgan fingerprint density at radius 3 is 2.78 bits per heavy atom. The van der Waals surface area contributed by atoms with E-state index in [1.165, 1.54) is 16.0 Å². The SMILES string of the molecule is CCCNC(c1cc(C)cc(Br)c1)c1cccs1. The second-order valence-electron chi connectivity index (χ2n) is 4.46. The lowest BCUT2D eigenvalue weighted by molar-refractivity contribution is 0.605. The maximum Gasteiger partial charge on any atom is 0.0671 e. The molecule has 18 heavy (non-hydrogen) atoms. The summed E-state index contributed by atoms with van der Waals surface area (Å²) in [4.78, 5) is 1.38. The summed E-state index contributed by atoms with van der Waals surface area (Å²) in [6.07, 6.45) is 1.15. The smallest absolute Gasteiger partial charge is 0.0671 e. The van der Waals surface area contributed by atoms with E-state index in [2.05, 4.69) is 70.8 Å². The van der Waals surface area contributed by atoms with Gasteiger partial charge in [0.2, 0.25) is 0 Å². The highest BCUT2D eigenvalue weighted by Crippen LogP contribution is 2.28. The molecule has 1 heterocycles. The molecule has 1 unspecified atom stereocenters. The Kier molecular flexibility index (Phi) is 4.98. The lowest BCUT2D eigenvalue weighted by Crippen LogP contribution is -2.22. The van der Waals surface area contributed by atoms with Gasteiger partial charge in [0, 0.05) is 9.35 Å². The van der Waals surface area contributed by atoms with Crippen molar-refractivity contribution in [1.82, 2.24) is 5.32 Å². The van der Waals surface area contributed by atoms with Gasteiger partial charge in [-0.05, 0) is 54.6 Å². The monoisotopic (exact) mass is 323 g/mol. The Balaban J connectivity index is 2.33. The van der Waals surface area contributed by atoms with Crippen molar-refractivity contribution in [2.75, 3.05) is 6.54 Å². The van der Waals surface area contributed by atoms with Crippen LogP contribution in [0.3, 0.4) is 0 Å². The number of halogens is 1. The fraction of sp³-hybridized carbons (Fsp3) is 0.333. The first-order chi connectivity index (χ1) is 8.70. The van der Waals surface area contributed by atoms with Crippen LogP contribution in [0.1, 0.15) is 35.4 Å². The van der Waals surface area contributed by atoms with E-state index >= 15 is 0 Å². The van der Waals surface area contributed by atoms with E-state index in [0.717, 1.165) is 17.4 Å². The van der Waals surface area contributed by atoms with Gasteiger partial charge in [-0.25, -0.2) is 0 Å². The third-order valence-electron chi connectivity index (χ3n) is 2.82. The predicted molar refractivity (Wildman–Crippen MR) is 83.3 cm³/mol. The number of nitrogens with one attached hydrogen (secondary N) is 1. The molecular weight excluding hydrogens is 306 g/mol. The third kappa shape index (κ3) is 3.44. The topological polar surface area (TPSA) is 12.0 Å².